The van der Waals surface area contributed by atoms with Crippen LogP contribution in [0.1, 0.15) is 93.6 Å². The van der Waals surface area contributed by atoms with Gasteiger partial charge in [-0.1, -0.05) is 46.0 Å². The highest BCUT2D eigenvalue weighted by Crippen LogP contribution is 2.25. The van der Waals surface area contributed by atoms with E-state index in [-0.39, 0.29) is 11.8 Å². The van der Waals surface area contributed by atoms with E-state index in [0.29, 0.717) is 17.8 Å². The van der Waals surface area contributed by atoms with Gasteiger partial charge in [0.1, 0.15) is 5.82 Å². The Labute approximate surface area is 145 Å². The van der Waals surface area contributed by atoms with Crippen molar-refractivity contribution in [3.8, 4) is 0 Å². The lowest BCUT2D eigenvalue weighted by Crippen LogP contribution is -2.37. The summed E-state index contributed by atoms with van der Waals surface area (Å²) < 4.78 is 0. The Balaban J connectivity index is 1.72. The minimum Gasteiger partial charge on any atom is -0.366 e. The third-order valence-electron chi connectivity index (χ3n) is 5.31. The number of hydrogen-bond donors (Lipinski definition) is 2. The normalized spacial score (nSPS) is 19.6. The number of nitrogens with zero attached hydrogens (tertiary/aromatic N) is 2. The average Bonchev–Trinajstić information content (AvgIpc) is 3.08. The lowest BCUT2D eigenvalue weighted by Gasteiger charge is -2.23. The van der Waals surface area contributed by atoms with E-state index in [1.165, 1.54) is 44.9 Å². The molecule has 3 rings (SSSR count). The topological polar surface area (TPSA) is 66.9 Å². The number of anilines is 1. The van der Waals surface area contributed by atoms with Crippen molar-refractivity contribution in [2.45, 2.75) is 89.6 Å². The van der Waals surface area contributed by atoms with Gasteiger partial charge in [0, 0.05) is 12.1 Å². The molecule has 0 bridgehead atoms. The number of hydrogen-bond acceptors (Lipinski definition) is 4. The minimum atomic E-state index is -0.0643. The molecule has 0 saturated heterocycles. The Hall–Kier alpha value is -1.65. The molecule has 1 aromatic heterocycles. The lowest BCUT2D eigenvalue weighted by atomic mass is 9.95. The molecule has 2 N–H and O–H groups in total. The smallest absolute Gasteiger partial charge is 0.272 e. The highest BCUT2D eigenvalue weighted by atomic mass is 16.2. The van der Waals surface area contributed by atoms with Gasteiger partial charge in [0.05, 0.1) is 0 Å². The van der Waals surface area contributed by atoms with Crippen LogP contribution >= 0.6 is 0 Å². The molecule has 0 radical (unpaired) electrons. The fraction of sp³-hybridized carbons (Fsp3) is 0.737. The molecule has 5 nitrogen and oxygen atoms in total. The molecule has 2 fully saturated rings. The third kappa shape index (κ3) is 4.25. The molecule has 1 heterocycles. The second kappa shape index (κ2) is 7.95. The van der Waals surface area contributed by atoms with Crippen LogP contribution in [0.5, 0.6) is 0 Å². The monoisotopic (exact) mass is 330 g/mol. The van der Waals surface area contributed by atoms with Crippen molar-refractivity contribution >= 4 is 11.7 Å². The number of nitrogens with one attached hydrogen (secondary N) is 2. The van der Waals surface area contributed by atoms with Crippen LogP contribution in [0.3, 0.4) is 0 Å². The van der Waals surface area contributed by atoms with E-state index in [1.54, 1.807) is 0 Å². The molecule has 0 aliphatic heterocycles. The van der Waals surface area contributed by atoms with Gasteiger partial charge in [-0.25, -0.2) is 0 Å². The molecule has 0 aromatic carbocycles. The summed E-state index contributed by atoms with van der Waals surface area (Å²) in [4.78, 5) is 12.7. The second-order valence-corrected chi connectivity index (χ2v) is 7.62. The summed E-state index contributed by atoms with van der Waals surface area (Å²) in [7, 11) is 0. The molecule has 2 aliphatic carbocycles. The van der Waals surface area contributed by atoms with Gasteiger partial charge in [0.2, 0.25) is 0 Å². The number of rotatable bonds is 5. The van der Waals surface area contributed by atoms with Crippen LogP contribution < -0.4 is 10.6 Å². The first-order valence-electron chi connectivity index (χ1n) is 9.58. The van der Waals surface area contributed by atoms with Gasteiger partial charge in [-0.3, -0.25) is 4.79 Å². The summed E-state index contributed by atoms with van der Waals surface area (Å²) >= 11 is 0. The summed E-state index contributed by atoms with van der Waals surface area (Å²) in [5.41, 5.74) is 1.48. The van der Waals surface area contributed by atoms with Crippen LogP contribution in [0, 0.1) is 0 Å². The second-order valence-electron chi connectivity index (χ2n) is 7.62. The predicted octanol–water partition coefficient (Wildman–Crippen LogP) is 4.02. The van der Waals surface area contributed by atoms with Crippen LogP contribution in [0.25, 0.3) is 0 Å². The number of carbonyl (C=O) groups is 1. The summed E-state index contributed by atoms with van der Waals surface area (Å²) in [6, 6.07) is 2.82. The Morgan fingerprint density at radius 1 is 1.00 bits per heavy atom. The maximum atomic E-state index is 12.7. The van der Waals surface area contributed by atoms with E-state index in [9.17, 15) is 4.79 Å². The Morgan fingerprint density at radius 3 is 2.29 bits per heavy atom. The first-order valence-corrected chi connectivity index (χ1v) is 9.58. The zero-order chi connectivity index (χ0) is 16.9. The molecule has 0 unspecified atom stereocenters. The van der Waals surface area contributed by atoms with Gasteiger partial charge < -0.3 is 10.6 Å². The molecule has 2 saturated carbocycles. The van der Waals surface area contributed by atoms with Crippen LogP contribution in [-0.4, -0.2) is 28.2 Å². The van der Waals surface area contributed by atoms with Gasteiger partial charge in [-0.05, 0) is 43.2 Å². The lowest BCUT2D eigenvalue weighted by molar-refractivity contribution is 0.0920. The predicted molar refractivity (Wildman–Crippen MR) is 96.3 cm³/mol. The zero-order valence-corrected chi connectivity index (χ0v) is 15.0. The van der Waals surface area contributed by atoms with Crippen molar-refractivity contribution in [2.75, 3.05) is 5.32 Å². The fourth-order valence-corrected chi connectivity index (χ4v) is 3.87. The zero-order valence-electron chi connectivity index (χ0n) is 15.0. The van der Waals surface area contributed by atoms with Gasteiger partial charge in [0.15, 0.2) is 5.69 Å². The molecule has 5 heteroatoms. The van der Waals surface area contributed by atoms with Crippen molar-refractivity contribution < 1.29 is 4.79 Å². The van der Waals surface area contributed by atoms with Gasteiger partial charge in [-0.2, -0.15) is 0 Å². The highest BCUT2D eigenvalue weighted by molar-refractivity contribution is 5.94. The standard InChI is InChI=1S/C19H30N4O/c1-13(2)16-12-17(20-14-10-6-7-11-14)22-23-18(16)19(24)21-15-8-4-3-5-9-15/h12-15H,3-11H2,1-2H3,(H,20,22)(H,21,24). The van der Waals surface area contributed by atoms with E-state index >= 15 is 0 Å². The van der Waals surface area contributed by atoms with Gasteiger partial charge >= 0.3 is 0 Å². The summed E-state index contributed by atoms with van der Waals surface area (Å²) in [5.74, 6) is 0.988. The quantitative estimate of drug-likeness (QED) is 0.856. The fourth-order valence-electron chi connectivity index (χ4n) is 3.87. The maximum Gasteiger partial charge on any atom is 0.272 e. The van der Waals surface area contributed by atoms with E-state index in [4.69, 9.17) is 0 Å². The first-order chi connectivity index (χ1) is 11.6. The first kappa shape index (κ1) is 17.2. The van der Waals surface area contributed by atoms with Gasteiger partial charge in [0.25, 0.3) is 5.91 Å². The molecular formula is C19H30N4O. The molecule has 2 aliphatic rings. The van der Waals surface area contributed by atoms with Crippen molar-refractivity contribution in [2.24, 2.45) is 0 Å². The summed E-state index contributed by atoms with van der Waals surface area (Å²) in [6.07, 6.45) is 10.8. The molecule has 24 heavy (non-hydrogen) atoms. The summed E-state index contributed by atoms with van der Waals surface area (Å²) in [5, 5.41) is 15.2. The van der Waals surface area contributed by atoms with E-state index < -0.39 is 0 Å². The number of amides is 1. The van der Waals surface area contributed by atoms with Crippen molar-refractivity contribution in [3.05, 3.63) is 17.3 Å². The maximum absolute atomic E-state index is 12.7. The number of aromatic nitrogens is 2. The molecule has 0 atom stereocenters. The van der Waals surface area contributed by atoms with Crippen LogP contribution in [0.15, 0.2) is 6.07 Å². The van der Waals surface area contributed by atoms with Gasteiger partial charge in [-0.15, -0.1) is 10.2 Å². The Bertz CT molecular complexity index is 560. The largest absolute Gasteiger partial charge is 0.366 e. The minimum absolute atomic E-state index is 0.0643. The highest BCUT2D eigenvalue weighted by Gasteiger charge is 2.22. The van der Waals surface area contributed by atoms with Crippen molar-refractivity contribution in [3.63, 3.8) is 0 Å². The average molecular weight is 330 g/mol. The van der Waals surface area contributed by atoms with Crippen molar-refractivity contribution in [1.29, 1.82) is 0 Å². The SMILES string of the molecule is CC(C)c1cc(NC2CCCC2)nnc1C(=O)NC1CCCCC1. The molecule has 132 valence electrons. The Kier molecular flexibility index (Phi) is 5.69. The molecule has 0 spiro atoms. The van der Waals surface area contributed by atoms with E-state index in [1.807, 2.05) is 6.07 Å². The number of carbonyl (C=O) groups excluding carboxylic acids is 1. The summed E-state index contributed by atoms with van der Waals surface area (Å²) in [6.45, 7) is 4.21. The molecule has 1 aromatic rings. The van der Waals surface area contributed by atoms with Crippen LogP contribution in [-0.2, 0) is 0 Å². The van der Waals surface area contributed by atoms with Crippen LogP contribution in [0.2, 0.25) is 0 Å². The van der Waals surface area contributed by atoms with E-state index in [2.05, 4.69) is 34.7 Å². The van der Waals surface area contributed by atoms with E-state index in [0.717, 1.165) is 24.2 Å². The molecular weight excluding hydrogens is 300 g/mol. The Morgan fingerprint density at radius 2 is 1.62 bits per heavy atom. The van der Waals surface area contributed by atoms with Crippen LogP contribution in [0.4, 0.5) is 5.82 Å². The van der Waals surface area contributed by atoms with Crippen molar-refractivity contribution in [1.82, 2.24) is 15.5 Å². The third-order valence-corrected chi connectivity index (χ3v) is 5.31. The molecule has 1 amide bonds.